The van der Waals surface area contributed by atoms with Gasteiger partial charge in [0.2, 0.25) is 0 Å². The number of nitrogens with zero attached hydrogens (tertiary/aromatic N) is 1. The minimum absolute atomic E-state index is 0.304. The molecule has 0 bridgehead atoms. The molecule has 1 aliphatic heterocycles. The third kappa shape index (κ3) is 5.35. The first-order chi connectivity index (χ1) is 15.5. The number of fused-ring (bicyclic) bond motifs is 1. The fourth-order valence-corrected chi connectivity index (χ4v) is 3.51. The quantitative estimate of drug-likeness (QED) is 0.206. The van der Waals surface area contributed by atoms with E-state index in [1.807, 2.05) is 0 Å². The van der Waals surface area contributed by atoms with Crippen LogP contribution in [0.5, 0.6) is 17.2 Å². The maximum atomic E-state index is 12.5. The number of benzene rings is 3. The summed E-state index contributed by atoms with van der Waals surface area (Å²) in [5.41, 5.74) is 3.76. The fraction of sp³-hybridized carbons (Fsp3) is 0.0870. The summed E-state index contributed by atoms with van der Waals surface area (Å²) in [5.74, 6) is 0.500. The van der Waals surface area contributed by atoms with E-state index in [-0.39, 0.29) is 0 Å². The standard InChI is InChI=1S/C23H16Br2N2O5/c24-17-4-1-14(2-5-17)23(29)32-19-8-6-18(25)11-16(19)13-26-27-22(28)15-3-7-20-21(12-15)31-10-9-30-20/h1-8,11-13H,9-10H2,(H,27,28). The third-order valence-corrected chi connectivity index (χ3v) is 5.45. The molecule has 0 saturated carbocycles. The van der Waals surface area contributed by atoms with Crippen LogP contribution in [0, 0.1) is 0 Å². The van der Waals surface area contributed by atoms with Crippen molar-refractivity contribution in [1.82, 2.24) is 5.43 Å². The number of rotatable bonds is 5. The average molecular weight is 560 g/mol. The van der Waals surface area contributed by atoms with Gasteiger partial charge in [0.05, 0.1) is 11.8 Å². The van der Waals surface area contributed by atoms with Crippen LogP contribution in [-0.4, -0.2) is 31.3 Å². The number of halogens is 2. The highest BCUT2D eigenvalue weighted by Gasteiger charge is 2.15. The Bertz CT molecular complexity index is 1200. The number of carbonyl (C=O) groups is 2. The normalized spacial score (nSPS) is 12.4. The zero-order valence-electron chi connectivity index (χ0n) is 16.5. The third-order valence-electron chi connectivity index (χ3n) is 4.43. The van der Waals surface area contributed by atoms with E-state index < -0.39 is 11.9 Å². The van der Waals surface area contributed by atoms with Gasteiger partial charge in [-0.05, 0) is 60.7 Å². The van der Waals surface area contributed by atoms with Gasteiger partial charge < -0.3 is 14.2 Å². The minimum Gasteiger partial charge on any atom is -0.486 e. The number of nitrogens with one attached hydrogen (secondary N) is 1. The Morgan fingerprint density at radius 1 is 0.875 bits per heavy atom. The molecule has 1 N–H and O–H groups in total. The van der Waals surface area contributed by atoms with Crippen LogP contribution in [-0.2, 0) is 0 Å². The first-order valence-electron chi connectivity index (χ1n) is 9.50. The maximum absolute atomic E-state index is 12.5. The van der Waals surface area contributed by atoms with E-state index in [0.717, 1.165) is 8.95 Å². The van der Waals surface area contributed by atoms with Crippen molar-refractivity contribution in [3.63, 3.8) is 0 Å². The average Bonchev–Trinajstić information content (AvgIpc) is 2.80. The van der Waals surface area contributed by atoms with E-state index in [1.165, 1.54) is 6.21 Å². The van der Waals surface area contributed by atoms with E-state index >= 15 is 0 Å². The largest absolute Gasteiger partial charge is 0.486 e. The van der Waals surface area contributed by atoms with Gasteiger partial charge in [-0.1, -0.05) is 31.9 Å². The van der Waals surface area contributed by atoms with Crippen molar-refractivity contribution in [1.29, 1.82) is 0 Å². The molecule has 7 nitrogen and oxygen atoms in total. The van der Waals surface area contributed by atoms with E-state index in [2.05, 4.69) is 42.4 Å². The number of hydrazone groups is 1. The van der Waals surface area contributed by atoms with Gasteiger partial charge in [0.25, 0.3) is 5.91 Å². The second kappa shape index (κ2) is 9.97. The van der Waals surface area contributed by atoms with Crippen LogP contribution in [0.15, 0.2) is 74.7 Å². The number of esters is 1. The van der Waals surface area contributed by atoms with Crippen molar-refractivity contribution < 1.29 is 23.8 Å². The lowest BCUT2D eigenvalue weighted by Gasteiger charge is -2.18. The van der Waals surface area contributed by atoms with Crippen LogP contribution >= 0.6 is 31.9 Å². The number of carbonyl (C=O) groups excluding carboxylic acids is 2. The number of ether oxygens (including phenoxy) is 3. The van der Waals surface area contributed by atoms with Crippen LogP contribution in [0.2, 0.25) is 0 Å². The Labute approximate surface area is 200 Å². The highest BCUT2D eigenvalue weighted by atomic mass is 79.9. The second-order valence-corrected chi connectivity index (χ2v) is 8.47. The minimum atomic E-state index is -0.505. The van der Waals surface area contributed by atoms with E-state index in [1.54, 1.807) is 60.7 Å². The summed E-state index contributed by atoms with van der Waals surface area (Å²) < 4.78 is 18.1. The molecule has 1 heterocycles. The highest BCUT2D eigenvalue weighted by Crippen LogP contribution is 2.30. The van der Waals surface area contributed by atoms with Crippen molar-refractivity contribution in [3.8, 4) is 17.2 Å². The van der Waals surface area contributed by atoms with Gasteiger partial charge in [-0.25, -0.2) is 10.2 Å². The Hall–Kier alpha value is -3.17. The van der Waals surface area contributed by atoms with E-state index in [4.69, 9.17) is 14.2 Å². The smallest absolute Gasteiger partial charge is 0.343 e. The SMILES string of the molecule is O=C(NN=Cc1cc(Br)ccc1OC(=O)c1ccc(Br)cc1)c1ccc2c(c1)OCCO2. The zero-order chi connectivity index (χ0) is 22.5. The van der Waals surface area contributed by atoms with Gasteiger partial charge in [0, 0.05) is 20.1 Å². The molecule has 3 aromatic rings. The van der Waals surface area contributed by atoms with Gasteiger partial charge >= 0.3 is 5.97 Å². The molecule has 0 unspecified atom stereocenters. The summed E-state index contributed by atoms with van der Waals surface area (Å²) in [5, 5.41) is 4.01. The fourth-order valence-electron chi connectivity index (χ4n) is 2.87. The summed E-state index contributed by atoms with van der Waals surface area (Å²) in [4.78, 5) is 24.9. The first-order valence-corrected chi connectivity index (χ1v) is 11.1. The molecule has 4 rings (SSSR count). The molecule has 0 fully saturated rings. The lowest BCUT2D eigenvalue weighted by atomic mass is 10.2. The number of amides is 1. The molecule has 0 atom stereocenters. The predicted octanol–water partition coefficient (Wildman–Crippen LogP) is 4.97. The molecule has 0 saturated heterocycles. The number of hydrogen-bond acceptors (Lipinski definition) is 6. The molecule has 3 aromatic carbocycles. The van der Waals surface area contributed by atoms with Crippen molar-refractivity contribution in [3.05, 3.63) is 86.3 Å². The van der Waals surface area contributed by atoms with Gasteiger partial charge in [-0.3, -0.25) is 4.79 Å². The van der Waals surface area contributed by atoms with Crippen LogP contribution in [0.25, 0.3) is 0 Å². The molecule has 0 aromatic heterocycles. The molecule has 32 heavy (non-hydrogen) atoms. The van der Waals surface area contributed by atoms with Crippen LogP contribution < -0.4 is 19.6 Å². The van der Waals surface area contributed by atoms with E-state index in [9.17, 15) is 9.59 Å². The molecule has 1 amide bonds. The Morgan fingerprint density at radius 3 is 2.34 bits per heavy atom. The summed E-state index contributed by atoms with van der Waals surface area (Å²) >= 11 is 6.72. The van der Waals surface area contributed by atoms with Gasteiger partial charge in [0.15, 0.2) is 11.5 Å². The topological polar surface area (TPSA) is 86.2 Å². The number of hydrogen-bond donors (Lipinski definition) is 1. The maximum Gasteiger partial charge on any atom is 0.343 e. The summed E-state index contributed by atoms with van der Waals surface area (Å²) in [6, 6.07) is 16.9. The van der Waals surface area contributed by atoms with Crippen molar-refractivity contribution in [2.24, 2.45) is 5.10 Å². The molecule has 0 aliphatic carbocycles. The van der Waals surface area contributed by atoms with Gasteiger partial charge in [-0.15, -0.1) is 0 Å². The van der Waals surface area contributed by atoms with Crippen molar-refractivity contribution >= 4 is 50.0 Å². The second-order valence-electron chi connectivity index (χ2n) is 6.64. The Kier molecular flexibility index (Phi) is 6.87. The van der Waals surface area contributed by atoms with Crippen LogP contribution in [0.1, 0.15) is 26.3 Å². The highest BCUT2D eigenvalue weighted by molar-refractivity contribution is 9.10. The molecule has 1 aliphatic rings. The molecular formula is C23H16Br2N2O5. The molecule has 0 radical (unpaired) electrons. The monoisotopic (exact) mass is 558 g/mol. The first kappa shape index (κ1) is 22.0. The molecule has 162 valence electrons. The molecule has 0 spiro atoms. The summed E-state index contributed by atoms with van der Waals surface area (Å²) in [6.45, 7) is 0.908. The van der Waals surface area contributed by atoms with Crippen LogP contribution in [0.4, 0.5) is 0 Å². The molecular weight excluding hydrogens is 544 g/mol. The lowest BCUT2D eigenvalue weighted by molar-refractivity contribution is 0.0734. The van der Waals surface area contributed by atoms with E-state index in [0.29, 0.717) is 47.2 Å². The van der Waals surface area contributed by atoms with Crippen LogP contribution in [0.3, 0.4) is 0 Å². The summed E-state index contributed by atoms with van der Waals surface area (Å²) in [7, 11) is 0. The van der Waals surface area contributed by atoms with Gasteiger partial charge in [0.1, 0.15) is 19.0 Å². The Morgan fingerprint density at radius 2 is 1.56 bits per heavy atom. The van der Waals surface area contributed by atoms with Crippen molar-refractivity contribution in [2.45, 2.75) is 0 Å². The summed E-state index contributed by atoms with van der Waals surface area (Å²) in [6.07, 6.45) is 1.41. The zero-order valence-corrected chi connectivity index (χ0v) is 19.7. The molecule has 9 heteroatoms. The lowest BCUT2D eigenvalue weighted by Crippen LogP contribution is -2.19. The van der Waals surface area contributed by atoms with Gasteiger partial charge in [-0.2, -0.15) is 5.10 Å². The van der Waals surface area contributed by atoms with Crippen molar-refractivity contribution in [2.75, 3.05) is 13.2 Å². The Balaban J connectivity index is 1.46. The predicted molar refractivity (Wildman–Crippen MR) is 126 cm³/mol.